The Kier molecular flexibility index (Phi) is 3.95. The van der Waals surface area contributed by atoms with Crippen molar-refractivity contribution in [3.63, 3.8) is 0 Å². The third-order valence-corrected chi connectivity index (χ3v) is 2.33. The molecule has 1 heterocycles. The van der Waals surface area contributed by atoms with E-state index in [1.54, 1.807) is 30.8 Å². The van der Waals surface area contributed by atoms with Crippen LogP contribution in [0.4, 0.5) is 5.69 Å². The highest BCUT2D eigenvalue weighted by atomic mass is 16.3. The largest absolute Gasteiger partial charge is 0.397 e. The molecule has 16 heavy (non-hydrogen) atoms. The number of aryl methyl sites for hydroxylation is 1. The van der Waals surface area contributed by atoms with Crippen molar-refractivity contribution in [2.24, 2.45) is 7.05 Å². The summed E-state index contributed by atoms with van der Waals surface area (Å²) in [7, 11) is 1.77. The first-order valence-corrected chi connectivity index (χ1v) is 5.31. The Morgan fingerprint density at radius 3 is 2.69 bits per heavy atom. The second kappa shape index (κ2) is 5.03. The molecule has 1 aromatic rings. The van der Waals surface area contributed by atoms with Gasteiger partial charge in [0, 0.05) is 19.3 Å². The molecular formula is C11H19N3O2. The smallest absolute Gasteiger partial charge is 0.268 e. The summed E-state index contributed by atoms with van der Waals surface area (Å²) >= 11 is 0. The summed E-state index contributed by atoms with van der Waals surface area (Å²) in [6.07, 6.45) is 1.80. The van der Waals surface area contributed by atoms with E-state index in [0.717, 1.165) is 0 Å². The SMILES string of the molecule is CC(O)CC(C)NC(=O)c1cc(N)cn1C. The Labute approximate surface area is 95.3 Å². The second-order valence-electron chi connectivity index (χ2n) is 4.23. The Balaban J connectivity index is 2.62. The first kappa shape index (κ1) is 12.6. The number of rotatable bonds is 4. The number of nitrogens with two attached hydrogens (primary N) is 1. The predicted octanol–water partition coefficient (Wildman–Crippen LogP) is 0.496. The molecule has 2 unspecified atom stereocenters. The van der Waals surface area contributed by atoms with Crippen LogP contribution in [0.3, 0.4) is 0 Å². The molecule has 0 fully saturated rings. The Hall–Kier alpha value is -1.49. The quantitative estimate of drug-likeness (QED) is 0.698. The van der Waals surface area contributed by atoms with Crippen molar-refractivity contribution >= 4 is 11.6 Å². The molecule has 0 aliphatic rings. The fraction of sp³-hybridized carbons (Fsp3) is 0.545. The monoisotopic (exact) mass is 225 g/mol. The lowest BCUT2D eigenvalue weighted by Gasteiger charge is -2.15. The number of hydrogen-bond donors (Lipinski definition) is 3. The molecule has 0 radical (unpaired) electrons. The number of amides is 1. The van der Waals surface area contributed by atoms with Gasteiger partial charge in [-0.2, -0.15) is 0 Å². The lowest BCUT2D eigenvalue weighted by Crippen LogP contribution is -2.35. The van der Waals surface area contributed by atoms with Gasteiger partial charge in [-0.25, -0.2) is 0 Å². The molecule has 0 aliphatic heterocycles. The Morgan fingerprint density at radius 1 is 1.62 bits per heavy atom. The van der Waals surface area contributed by atoms with Crippen LogP contribution in [0.25, 0.3) is 0 Å². The number of aliphatic hydroxyl groups excluding tert-OH is 1. The van der Waals surface area contributed by atoms with E-state index in [9.17, 15) is 9.90 Å². The summed E-state index contributed by atoms with van der Waals surface area (Å²) in [6, 6.07) is 1.56. The van der Waals surface area contributed by atoms with Crippen LogP contribution >= 0.6 is 0 Å². The van der Waals surface area contributed by atoms with Gasteiger partial charge in [0.05, 0.1) is 11.8 Å². The van der Waals surface area contributed by atoms with E-state index in [-0.39, 0.29) is 11.9 Å². The lowest BCUT2D eigenvalue weighted by molar-refractivity contribution is 0.0915. The standard InChI is InChI=1S/C11H19N3O2/c1-7(4-8(2)15)13-11(16)10-5-9(12)6-14(10)3/h5-8,15H,4,12H2,1-3H3,(H,13,16). The van der Waals surface area contributed by atoms with Crippen molar-refractivity contribution in [3.05, 3.63) is 18.0 Å². The van der Waals surface area contributed by atoms with Crippen LogP contribution in [0.5, 0.6) is 0 Å². The number of hydrogen-bond acceptors (Lipinski definition) is 3. The van der Waals surface area contributed by atoms with Gasteiger partial charge in [-0.1, -0.05) is 0 Å². The first-order valence-electron chi connectivity index (χ1n) is 5.31. The minimum Gasteiger partial charge on any atom is -0.397 e. The van der Waals surface area contributed by atoms with Crippen molar-refractivity contribution in [3.8, 4) is 0 Å². The fourth-order valence-electron chi connectivity index (χ4n) is 1.68. The zero-order chi connectivity index (χ0) is 12.3. The average molecular weight is 225 g/mol. The molecule has 0 spiro atoms. The molecule has 0 aromatic carbocycles. The molecule has 0 bridgehead atoms. The van der Waals surface area contributed by atoms with Gasteiger partial charge < -0.3 is 20.7 Å². The number of aliphatic hydroxyl groups is 1. The normalized spacial score (nSPS) is 14.5. The molecule has 5 nitrogen and oxygen atoms in total. The van der Waals surface area contributed by atoms with E-state index < -0.39 is 6.10 Å². The third kappa shape index (κ3) is 3.27. The molecule has 0 aliphatic carbocycles. The van der Waals surface area contributed by atoms with E-state index in [1.165, 1.54) is 0 Å². The molecule has 1 amide bonds. The molecule has 0 saturated heterocycles. The van der Waals surface area contributed by atoms with Crippen molar-refractivity contribution in [1.29, 1.82) is 0 Å². The maximum absolute atomic E-state index is 11.8. The average Bonchev–Trinajstić information content (AvgIpc) is 2.43. The number of aromatic nitrogens is 1. The van der Waals surface area contributed by atoms with Crippen molar-refractivity contribution in [2.45, 2.75) is 32.4 Å². The van der Waals surface area contributed by atoms with Gasteiger partial charge >= 0.3 is 0 Å². The van der Waals surface area contributed by atoms with E-state index in [0.29, 0.717) is 17.8 Å². The van der Waals surface area contributed by atoms with Gasteiger partial charge in [-0.05, 0) is 26.3 Å². The number of nitrogen functional groups attached to an aromatic ring is 1. The van der Waals surface area contributed by atoms with Gasteiger partial charge in [0.2, 0.25) is 0 Å². The summed E-state index contributed by atoms with van der Waals surface area (Å²) in [5.41, 5.74) is 6.68. The summed E-state index contributed by atoms with van der Waals surface area (Å²) < 4.78 is 1.68. The molecule has 1 rings (SSSR count). The van der Waals surface area contributed by atoms with Crippen LogP contribution in [0.15, 0.2) is 12.3 Å². The third-order valence-electron chi connectivity index (χ3n) is 2.33. The van der Waals surface area contributed by atoms with Gasteiger partial charge in [-0.3, -0.25) is 4.79 Å². The van der Waals surface area contributed by atoms with Crippen molar-refractivity contribution in [2.75, 3.05) is 5.73 Å². The van der Waals surface area contributed by atoms with Gasteiger partial charge in [-0.15, -0.1) is 0 Å². The lowest BCUT2D eigenvalue weighted by atomic mass is 10.1. The zero-order valence-electron chi connectivity index (χ0n) is 9.90. The van der Waals surface area contributed by atoms with E-state index in [2.05, 4.69) is 5.32 Å². The minimum atomic E-state index is -0.422. The van der Waals surface area contributed by atoms with Crippen LogP contribution in [0.2, 0.25) is 0 Å². The zero-order valence-corrected chi connectivity index (χ0v) is 9.90. The fourth-order valence-corrected chi connectivity index (χ4v) is 1.68. The second-order valence-corrected chi connectivity index (χ2v) is 4.23. The molecule has 4 N–H and O–H groups in total. The van der Waals surface area contributed by atoms with Crippen LogP contribution in [-0.4, -0.2) is 27.7 Å². The van der Waals surface area contributed by atoms with Gasteiger partial charge in [0.25, 0.3) is 5.91 Å². The number of carbonyl (C=O) groups is 1. The summed E-state index contributed by atoms with van der Waals surface area (Å²) in [4.78, 5) is 11.8. The molecule has 90 valence electrons. The molecule has 1 aromatic heterocycles. The molecular weight excluding hydrogens is 206 g/mol. The summed E-state index contributed by atoms with van der Waals surface area (Å²) in [5.74, 6) is -0.174. The maximum atomic E-state index is 11.8. The number of nitrogens with zero attached hydrogens (tertiary/aromatic N) is 1. The topological polar surface area (TPSA) is 80.3 Å². The van der Waals surface area contributed by atoms with Crippen LogP contribution < -0.4 is 11.1 Å². The highest BCUT2D eigenvalue weighted by Crippen LogP contribution is 2.09. The number of nitrogens with one attached hydrogen (secondary N) is 1. The predicted molar refractivity (Wildman–Crippen MR) is 63.1 cm³/mol. The number of carbonyl (C=O) groups excluding carboxylic acids is 1. The van der Waals surface area contributed by atoms with Gasteiger partial charge in [0.15, 0.2) is 0 Å². The highest BCUT2D eigenvalue weighted by molar-refractivity contribution is 5.93. The molecule has 5 heteroatoms. The minimum absolute atomic E-state index is 0.0661. The molecule has 0 saturated carbocycles. The van der Waals surface area contributed by atoms with E-state index in [4.69, 9.17) is 5.73 Å². The van der Waals surface area contributed by atoms with E-state index in [1.807, 2.05) is 6.92 Å². The summed E-state index contributed by atoms with van der Waals surface area (Å²) in [6.45, 7) is 3.56. The Morgan fingerprint density at radius 2 is 2.25 bits per heavy atom. The van der Waals surface area contributed by atoms with Crippen molar-refractivity contribution in [1.82, 2.24) is 9.88 Å². The first-order chi connectivity index (χ1) is 7.40. The summed E-state index contributed by atoms with van der Waals surface area (Å²) in [5, 5.41) is 12.0. The van der Waals surface area contributed by atoms with Crippen LogP contribution in [0, 0.1) is 0 Å². The van der Waals surface area contributed by atoms with Crippen LogP contribution in [0.1, 0.15) is 30.8 Å². The maximum Gasteiger partial charge on any atom is 0.268 e. The van der Waals surface area contributed by atoms with Crippen LogP contribution in [-0.2, 0) is 7.05 Å². The highest BCUT2D eigenvalue weighted by Gasteiger charge is 2.14. The van der Waals surface area contributed by atoms with E-state index >= 15 is 0 Å². The van der Waals surface area contributed by atoms with Crippen molar-refractivity contribution < 1.29 is 9.90 Å². The number of anilines is 1. The van der Waals surface area contributed by atoms with Gasteiger partial charge in [0.1, 0.15) is 5.69 Å². The Bertz CT molecular complexity index is 371. The molecule has 2 atom stereocenters.